The maximum atomic E-state index is 4.26. The second-order valence-corrected chi connectivity index (χ2v) is 3.92. The summed E-state index contributed by atoms with van der Waals surface area (Å²) in [4.78, 5) is 4.11. The highest BCUT2D eigenvalue weighted by Gasteiger charge is 2.05. The highest BCUT2D eigenvalue weighted by atomic mass is 15.2. The van der Waals surface area contributed by atoms with E-state index in [0.717, 1.165) is 18.6 Å². The van der Waals surface area contributed by atoms with Gasteiger partial charge in [-0.05, 0) is 14.0 Å². The van der Waals surface area contributed by atoms with Gasteiger partial charge in [-0.25, -0.2) is 4.52 Å². The molecule has 2 rings (SSSR count). The van der Waals surface area contributed by atoms with E-state index in [4.69, 9.17) is 0 Å². The lowest BCUT2D eigenvalue weighted by molar-refractivity contribution is 0.524. The smallest absolute Gasteiger partial charge is 0.0889 e. The van der Waals surface area contributed by atoms with E-state index in [1.54, 1.807) is 6.20 Å². The molecule has 86 valence electrons. The summed E-state index contributed by atoms with van der Waals surface area (Å²) < 4.78 is 1.84. The predicted molar refractivity (Wildman–Crippen MR) is 63.2 cm³/mol. The zero-order chi connectivity index (χ0) is 11.4. The van der Waals surface area contributed by atoms with Gasteiger partial charge in [-0.2, -0.15) is 5.10 Å². The molecular formula is C11H17N5. The fraction of sp³-hybridized carbons (Fsp3) is 0.455. The van der Waals surface area contributed by atoms with Gasteiger partial charge in [-0.1, -0.05) is 0 Å². The highest BCUT2D eigenvalue weighted by molar-refractivity contribution is 5.51. The lowest BCUT2D eigenvalue weighted by Gasteiger charge is -2.12. The Morgan fingerprint density at radius 1 is 1.44 bits per heavy atom. The van der Waals surface area contributed by atoms with Gasteiger partial charge < -0.3 is 10.6 Å². The molecule has 0 bridgehead atoms. The number of likely N-dealkylation sites (N-methyl/N-ethyl adjacent to an activating group) is 1. The van der Waals surface area contributed by atoms with Gasteiger partial charge >= 0.3 is 0 Å². The molecule has 2 aromatic heterocycles. The third-order valence-corrected chi connectivity index (χ3v) is 2.56. The van der Waals surface area contributed by atoms with Crippen LogP contribution in [0.15, 0.2) is 24.8 Å². The molecule has 0 aliphatic carbocycles. The second kappa shape index (κ2) is 5.05. The van der Waals surface area contributed by atoms with Crippen LogP contribution in [0.4, 0.5) is 0 Å². The molecule has 2 aromatic rings. The van der Waals surface area contributed by atoms with Crippen LogP contribution < -0.4 is 10.6 Å². The largest absolute Gasteiger partial charge is 0.318 e. The Bertz CT molecular complexity index is 450. The Balaban J connectivity index is 2.04. The summed E-state index contributed by atoms with van der Waals surface area (Å²) in [6, 6.07) is 0.441. The third kappa shape index (κ3) is 2.37. The summed E-state index contributed by atoms with van der Waals surface area (Å²) in [6.07, 6.45) is 7.32. The third-order valence-electron chi connectivity index (χ3n) is 2.56. The molecule has 0 saturated carbocycles. The van der Waals surface area contributed by atoms with Crippen LogP contribution in [0.5, 0.6) is 0 Å². The van der Waals surface area contributed by atoms with E-state index in [2.05, 4.69) is 27.6 Å². The van der Waals surface area contributed by atoms with Crippen molar-refractivity contribution in [2.45, 2.75) is 19.5 Å². The van der Waals surface area contributed by atoms with Gasteiger partial charge in [-0.15, -0.1) is 0 Å². The second-order valence-electron chi connectivity index (χ2n) is 3.92. The molecule has 5 heteroatoms. The highest BCUT2D eigenvalue weighted by Crippen LogP contribution is 2.07. The van der Waals surface area contributed by atoms with Crippen LogP contribution >= 0.6 is 0 Å². The number of aromatic nitrogens is 3. The van der Waals surface area contributed by atoms with Gasteiger partial charge in [0.1, 0.15) is 0 Å². The molecule has 0 aromatic carbocycles. The molecule has 0 fully saturated rings. The van der Waals surface area contributed by atoms with E-state index < -0.39 is 0 Å². The minimum atomic E-state index is 0.441. The van der Waals surface area contributed by atoms with Gasteiger partial charge in [-0.3, -0.25) is 4.98 Å². The van der Waals surface area contributed by atoms with Crippen molar-refractivity contribution in [2.75, 3.05) is 13.6 Å². The van der Waals surface area contributed by atoms with E-state index in [1.165, 1.54) is 5.56 Å². The molecular weight excluding hydrogens is 202 g/mol. The van der Waals surface area contributed by atoms with Crippen molar-refractivity contribution in [3.8, 4) is 0 Å². The molecule has 0 radical (unpaired) electrons. The van der Waals surface area contributed by atoms with Crippen LogP contribution in [0.1, 0.15) is 12.5 Å². The Morgan fingerprint density at radius 3 is 3.12 bits per heavy atom. The van der Waals surface area contributed by atoms with Crippen molar-refractivity contribution in [2.24, 2.45) is 0 Å². The minimum Gasteiger partial charge on any atom is -0.318 e. The van der Waals surface area contributed by atoms with Gasteiger partial charge in [0.05, 0.1) is 17.9 Å². The quantitative estimate of drug-likeness (QED) is 0.765. The van der Waals surface area contributed by atoms with Crippen molar-refractivity contribution in [3.05, 3.63) is 30.4 Å². The zero-order valence-corrected chi connectivity index (χ0v) is 9.64. The first-order chi connectivity index (χ1) is 7.81. The van der Waals surface area contributed by atoms with Gasteiger partial charge in [0.25, 0.3) is 0 Å². The molecule has 16 heavy (non-hydrogen) atoms. The Morgan fingerprint density at radius 2 is 2.31 bits per heavy atom. The standard InChI is InChI=1S/C11H17N5/c1-9(5-12-2)14-6-10-7-15-16-4-3-13-8-11(10)16/h3-4,7-9,12,14H,5-6H2,1-2H3. The summed E-state index contributed by atoms with van der Waals surface area (Å²) >= 11 is 0. The van der Waals surface area contributed by atoms with E-state index in [1.807, 2.05) is 30.2 Å². The SMILES string of the molecule is CNCC(C)NCc1cnn2ccncc12. The van der Waals surface area contributed by atoms with Crippen molar-refractivity contribution in [3.63, 3.8) is 0 Å². The fourth-order valence-electron chi connectivity index (χ4n) is 1.68. The molecule has 2 heterocycles. The van der Waals surface area contributed by atoms with Crippen molar-refractivity contribution >= 4 is 5.52 Å². The molecule has 1 unspecified atom stereocenters. The Labute approximate surface area is 94.9 Å². The van der Waals surface area contributed by atoms with Gasteiger partial charge in [0.2, 0.25) is 0 Å². The lowest BCUT2D eigenvalue weighted by atomic mass is 10.2. The van der Waals surface area contributed by atoms with Crippen LogP contribution in [-0.4, -0.2) is 34.2 Å². The number of rotatable bonds is 5. The molecule has 0 saturated heterocycles. The summed E-state index contributed by atoms with van der Waals surface area (Å²) in [5.41, 5.74) is 2.24. The van der Waals surface area contributed by atoms with Crippen LogP contribution in [0.25, 0.3) is 5.52 Å². The van der Waals surface area contributed by atoms with Gasteiger partial charge in [0.15, 0.2) is 0 Å². The summed E-state index contributed by atoms with van der Waals surface area (Å²) in [5.74, 6) is 0. The first kappa shape index (κ1) is 11.0. The van der Waals surface area contributed by atoms with Crippen LogP contribution in [0, 0.1) is 0 Å². The number of nitrogens with zero attached hydrogens (tertiary/aromatic N) is 3. The van der Waals surface area contributed by atoms with Crippen molar-refractivity contribution < 1.29 is 0 Å². The molecule has 1 atom stereocenters. The average Bonchev–Trinajstić information content (AvgIpc) is 2.70. The molecule has 0 aliphatic heterocycles. The van der Waals surface area contributed by atoms with E-state index in [0.29, 0.717) is 6.04 Å². The topological polar surface area (TPSA) is 54.2 Å². The van der Waals surface area contributed by atoms with Gasteiger partial charge in [0, 0.05) is 37.1 Å². The average molecular weight is 219 g/mol. The van der Waals surface area contributed by atoms with E-state index in [9.17, 15) is 0 Å². The normalized spacial score (nSPS) is 13.1. The maximum Gasteiger partial charge on any atom is 0.0889 e. The predicted octanol–water partition coefficient (Wildman–Crippen LogP) is 0.427. The molecule has 2 N–H and O–H groups in total. The monoisotopic (exact) mass is 219 g/mol. The summed E-state index contributed by atoms with van der Waals surface area (Å²) in [5, 5.41) is 10.8. The first-order valence-corrected chi connectivity index (χ1v) is 5.45. The lowest BCUT2D eigenvalue weighted by Crippen LogP contribution is -2.34. The van der Waals surface area contributed by atoms with Crippen LogP contribution in [0.2, 0.25) is 0 Å². The zero-order valence-electron chi connectivity index (χ0n) is 9.64. The Kier molecular flexibility index (Phi) is 3.48. The van der Waals surface area contributed by atoms with Crippen LogP contribution in [-0.2, 0) is 6.54 Å². The van der Waals surface area contributed by atoms with Crippen LogP contribution in [0.3, 0.4) is 0 Å². The Hall–Kier alpha value is -1.46. The number of fused-ring (bicyclic) bond motifs is 1. The van der Waals surface area contributed by atoms with E-state index in [-0.39, 0.29) is 0 Å². The molecule has 5 nitrogen and oxygen atoms in total. The first-order valence-electron chi connectivity index (χ1n) is 5.45. The van der Waals surface area contributed by atoms with E-state index >= 15 is 0 Å². The fourth-order valence-corrected chi connectivity index (χ4v) is 1.68. The summed E-state index contributed by atoms with van der Waals surface area (Å²) in [6.45, 7) is 3.93. The number of hydrogen-bond acceptors (Lipinski definition) is 4. The molecule has 0 aliphatic rings. The number of nitrogens with one attached hydrogen (secondary N) is 2. The summed E-state index contributed by atoms with van der Waals surface area (Å²) in [7, 11) is 1.96. The molecule has 0 amide bonds. The molecule has 0 spiro atoms. The van der Waals surface area contributed by atoms with Crippen molar-refractivity contribution in [1.29, 1.82) is 0 Å². The maximum absolute atomic E-state index is 4.26. The minimum absolute atomic E-state index is 0.441. The van der Waals surface area contributed by atoms with Crippen molar-refractivity contribution in [1.82, 2.24) is 25.2 Å². The number of hydrogen-bond donors (Lipinski definition) is 2.